The van der Waals surface area contributed by atoms with Crippen molar-refractivity contribution in [3.8, 4) is 0 Å². The molecule has 0 atom stereocenters. The summed E-state index contributed by atoms with van der Waals surface area (Å²) < 4.78 is 0. The van der Waals surface area contributed by atoms with Crippen molar-refractivity contribution >= 4 is 30.9 Å². The molecule has 9 heteroatoms. The fourth-order valence-corrected chi connectivity index (χ4v) is 0.946. The van der Waals surface area contributed by atoms with E-state index in [0.717, 1.165) is 17.6 Å². The quantitative estimate of drug-likeness (QED) is 0.308. The van der Waals surface area contributed by atoms with E-state index in [0.29, 0.717) is 12.8 Å². The summed E-state index contributed by atoms with van der Waals surface area (Å²) in [4.78, 5) is 53.7. The highest BCUT2D eigenvalue weighted by Gasteiger charge is 2.30. The number of imide groups is 1. The minimum atomic E-state index is -0.274. The SMILES string of the molecule is CN(C)ON1C(=O)CCC1=O.O=CCCC=O.O=CO. The molecule has 0 bridgehead atoms. The van der Waals surface area contributed by atoms with E-state index in [1.54, 1.807) is 14.1 Å². The Bertz CT molecular complexity index is 307. The summed E-state index contributed by atoms with van der Waals surface area (Å²) in [6.07, 6.45) is 2.70. The molecule has 1 N–H and O–H groups in total. The smallest absolute Gasteiger partial charge is 0.290 e. The van der Waals surface area contributed by atoms with Gasteiger partial charge in [0.05, 0.1) is 0 Å². The summed E-state index contributed by atoms with van der Waals surface area (Å²) >= 11 is 0. The Morgan fingerprint density at radius 2 is 1.45 bits per heavy atom. The molecule has 1 aliphatic heterocycles. The molecular formula is C11H18N2O7. The van der Waals surface area contributed by atoms with Crippen LogP contribution in [0.3, 0.4) is 0 Å². The molecule has 0 radical (unpaired) electrons. The Morgan fingerprint density at radius 1 is 1.10 bits per heavy atom. The molecule has 1 fully saturated rings. The second-order valence-corrected chi connectivity index (χ2v) is 3.49. The first-order valence-electron chi connectivity index (χ1n) is 5.60. The number of carboxylic acid groups (broad SMARTS) is 1. The van der Waals surface area contributed by atoms with Crippen molar-refractivity contribution in [3.63, 3.8) is 0 Å². The zero-order valence-electron chi connectivity index (χ0n) is 11.4. The summed E-state index contributed by atoms with van der Waals surface area (Å²) in [6, 6.07) is 0. The van der Waals surface area contributed by atoms with E-state index in [4.69, 9.17) is 14.8 Å². The van der Waals surface area contributed by atoms with Gasteiger partial charge in [-0.15, -0.1) is 5.06 Å². The highest BCUT2D eigenvalue weighted by atomic mass is 16.8. The molecule has 1 rings (SSSR count). The number of nitrogens with zero attached hydrogens (tertiary/aromatic N) is 2. The number of hydrogen-bond donors (Lipinski definition) is 1. The molecule has 0 aromatic rings. The van der Waals surface area contributed by atoms with Gasteiger partial charge in [0.2, 0.25) is 0 Å². The van der Waals surface area contributed by atoms with Gasteiger partial charge in [-0.2, -0.15) is 10.0 Å². The first-order chi connectivity index (χ1) is 9.44. The average molecular weight is 290 g/mol. The van der Waals surface area contributed by atoms with E-state index in [2.05, 4.69) is 0 Å². The summed E-state index contributed by atoms with van der Waals surface area (Å²) in [5, 5.41) is 8.99. The second-order valence-electron chi connectivity index (χ2n) is 3.49. The van der Waals surface area contributed by atoms with Crippen LogP contribution in [0.4, 0.5) is 0 Å². The molecular weight excluding hydrogens is 272 g/mol. The van der Waals surface area contributed by atoms with E-state index < -0.39 is 0 Å². The minimum absolute atomic E-state index is 0.250. The predicted molar refractivity (Wildman–Crippen MR) is 65.9 cm³/mol. The van der Waals surface area contributed by atoms with Crippen LogP contribution in [0.1, 0.15) is 25.7 Å². The lowest BCUT2D eigenvalue weighted by Gasteiger charge is -2.16. The van der Waals surface area contributed by atoms with E-state index in [1.165, 1.54) is 5.06 Å². The van der Waals surface area contributed by atoms with Crippen LogP contribution in [0.5, 0.6) is 0 Å². The van der Waals surface area contributed by atoms with Crippen molar-refractivity contribution in [1.29, 1.82) is 0 Å². The van der Waals surface area contributed by atoms with Gasteiger partial charge in [0.1, 0.15) is 12.6 Å². The molecule has 1 aliphatic rings. The van der Waals surface area contributed by atoms with Crippen LogP contribution >= 0.6 is 0 Å². The number of aldehydes is 2. The van der Waals surface area contributed by atoms with E-state index in [1.807, 2.05) is 0 Å². The number of carbonyl (C=O) groups excluding carboxylic acids is 4. The summed E-state index contributed by atoms with van der Waals surface area (Å²) in [7, 11) is 3.22. The van der Waals surface area contributed by atoms with Crippen LogP contribution in [0.25, 0.3) is 0 Å². The highest BCUT2D eigenvalue weighted by molar-refractivity contribution is 6.00. The maximum Gasteiger partial charge on any atom is 0.290 e. The van der Waals surface area contributed by atoms with Gasteiger partial charge in [0.15, 0.2) is 0 Å². The Balaban J connectivity index is 0. The molecule has 1 heterocycles. The third-order valence-corrected chi connectivity index (χ3v) is 1.65. The maximum absolute atomic E-state index is 10.9. The lowest BCUT2D eigenvalue weighted by atomic mass is 10.4. The Morgan fingerprint density at radius 3 is 1.70 bits per heavy atom. The largest absolute Gasteiger partial charge is 0.483 e. The third-order valence-electron chi connectivity index (χ3n) is 1.65. The van der Waals surface area contributed by atoms with Crippen molar-refractivity contribution in [2.45, 2.75) is 25.7 Å². The van der Waals surface area contributed by atoms with Crippen LogP contribution in [0.2, 0.25) is 0 Å². The lowest BCUT2D eigenvalue weighted by molar-refractivity contribution is -0.274. The number of carbonyl (C=O) groups is 5. The molecule has 1 saturated heterocycles. The van der Waals surface area contributed by atoms with Gasteiger partial charge in [0.25, 0.3) is 18.3 Å². The van der Waals surface area contributed by atoms with Crippen molar-refractivity contribution < 1.29 is 34.0 Å². The molecule has 20 heavy (non-hydrogen) atoms. The normalized spacial score (nSPS) is 13.1. The number of amides is 2. The number of unbranched alkanes of at least 4 members (excludes halogenated alkanes) is 1. The summed E-state index contributed by atoms with van der Waals surface area (Å²) in [6.45, 7) is -0.250. The first-order valence-corrected chi connectivity index (χ1v) is 5.60. The van der Waals surface area contributed by atoms with Gasteiger partial charge in [-0.05, 0) is 0 Å². The molecule has 0 aromatic heterocycles. The summed E-state index contributed by atoms with van der Waals surface area (Å²) in [5.41, 5.74) is 0. The standard InChI is InChI=1S/C6H10N2O3.C4H6O2.CH2O2/c1-7(2)11-8-5(9)3-4-6(8)10;5-3-1-2-4-6;2-1-3/h3-4H2,1-2H3;3-4H,1-2H2;1H,(H,2,3). The predicted octanol–water partition coefficient (Wildman–Crippen LogP) is -0.591. The first kappa shape index (κ1) is 20.2. The van der Waals surface area contributed by atoms with Crippen LogP contribution in [0, 0.1) is 0 Å². The molecule has 9 nitrogen and oxygen atoms in total. The fraction of sp³-hybridized carbons (Fsp3) is 0.545. The van der Waals surface area contributed by atoms with Gasteiger partial charge in [0, 0.05) is 39.8 Å². The van der Waals surface area contributed by atoms with E-state index in [9.17, 15) is 19.2 Å². The molecule has 0 aliphatic carbocycles. The van der Waals surface area contributed by atoms with Crippen molar-refractivity contribution in [3.05, 3.63) is 0 Å². The van der Waals surface area contributed by atoms with Crippen molar-refractivity contribution in [1.82, 2.24) is 10.1 Å². The molecule has 0 spiro atoms. The van der Waals surface area contributed by atoms with E-state index in [-0.39, 0.29) is 31.1 Å². The summed E-state index contributed by atoms with van der Waals surface area (Å²) in [5.74, 6) is -0.549. The van der Waals surface area contributed by atoms with Crippen LogP contribution in [0.15, 0.2) is 0 Å². The Hall–Kier alpha value is -2.13. The molecule has 0 saturated carbocycles. The fourth-order valence-electron chi connectivity index (χ4n) is 0.946. The molecule has 0 unspecified atom stereocenters. The number of hydrogen-bond acceptors (Lipinski definition) is 7. The lowest BCUT2D eigenvalue weighted by Crippen LogP contribution is -2.34. The Kier molecular flexibility index (Phi) is 13.4. The van der Waals surface area contributed by atoms with Crippen molar-refractivity contribution in [2.24, 2.45) is 0 Å². The van der Waals surface area contributed by atoms with Gasteiger partial charge in [-0.1, -0.05) is 0 Å². The average Bonchev–Trinajstić information content (AvgIpc) is 2.69. The van der Waals surface area contributed by atoms with Crippen molar-refractivity contribution in [2.75, 3.05) is 14.1 Å². The van der Waals surface area contributed by atoms with Gasteiger partial charge < -0.3 is 14.7 Å². The molecule has 0 aromatic carbocycles. The molecule has 2 amide bonds. The van der Waals surface area contributed by atoms with Crippen LogP contribution in [-0.2, 0) is 28.9 Å². The van der Waals surface area contributed by atoms with Gasteiger partial charge >= 0.3 is 0 Å². The maximum atomic E-state index is 10.9. The van der Waals surface area contributed by atoms with Gasteiger partial charge in [-0.25, -0.2) is 0 Å². The number of hydroxylamine groups is 4. The van der Waals surface area contributed by atoms with E-state index >= 15 is 0 Å². The topological polar surface area (TPSA) is 121 Å². The Labute approximate surface area is 116 Å². The van der Waals surface area contributed by atoms with Crippen LogP contribution < -0.4 is 0 Å². The van der Waals surface area contributed by atoms with Crippen LogP contribution in [-0.4, -0.2) is 60.2 Å². The number of rotatable bonds is 5. The second kappa shape index (κ2) is 13.3. The zero-order chi connectivity index (χ0) is 16.0. The monoisotopic (exact) mass is 290 g/mol. The molecule has 114 valence electrons. The highest BCUT2D eigenvalue weighted by Crippen LogP contribution is 2.11. The third kappa shape index (κ3) is 11.0. The van der Waals surface area contributed by atoms with Gasteiger partial charge in [-0.3, -0.25) is 14.4 Å². The minimum Gasteiger partial charge on any atom is -0.483 e. The zero-order valence-corrected chi connectivity index (χ0v) is 11.4.